The van der Waals surface area contributed by atoms with E-state index in [4.69, 9.17) is 15.0 Å². The molecule has 3 heterocycles. The normalized spacial score (nSPS) is 12.2. The molecule has 11 rings (SSSR count). The van der Waals surface area contributed by atoms with Crippen molar-refractivity contribution in [2.45, 2.75) is 0 Å². The molecule has 52 heavy (non-hydrogen) atoms. The van der Waals surface area contributed by atoms with Gasteiger partial charge in [0.2, 0.25) is 5.95 Å². The number of thiophene rings is 1. The Morgan fingerprint density at radius 1 is 0.385 bits per heavy atom. The smallest absolute Gasteiger partial charge is 0.238 e. The fourth-order valence-corrected chi connectivity index (χ4v) is 8.98. The van der Waals surface area contributed by atoms with Crippen LogP contribution in [0.25, 0.3) is 86.7 Å². The first-order valence-electron chi connectivity index (χ1n) is 17.4. The van der Waals surface area contributed by atoms with Crippen molar-refractivity contribution in [3.05, 3.63) is 170 Å². The maximum absolute atomic E-state index is 5.42. The summed E-state index contributed by atoms with van der Waals surface area (Å²) in [6.45, 7) is 0. The van der Waals surface area contributed by atoms with Gasteiger partial charge in [-0.2, -0.15) is 9.97 Å². The van der Waals surface area contributed by atoms with Crippen molar-refractivity contribution < 1.29 is 0 Å². The van der Waals surface area contributed by atoms with Gasteiger partial charge in [0.25, 0.3) is 0 Å². The quantitative estimate of drug-likeness (QED) is 0.186. The summed E-state index contributed by atoms with van der Waals surface area (Å²) in [5, 5.41) is 7.11. The maximum atomic E-state index is 5.42. The molecule has 0 atom stereocenters. The third-order valence-electron chi connectivity index (χ3n) is 10.2. The first-order chi connectivity index (χ1) is 25.8. The molecule has 0 spiro atoms. The number of hydrogen-bond donors (Lipinski definition) is 0. The summed E-state index contributed by atoms with van der Waals surface area (Å²) >= 11 is 1.80. The molecular weight excluding hydrogens is 653 g/mol. The Labute approximate surface area is 303 Å². The minimum absolute atomic E-state index is 0.584. The van der Waals surface area contributed by atoms with E-state index in [1.54, 1.807) is 11.3 Å². The van der Waals surface area contributed by atoms with E-state index in [0.29, 0.717) is 17.6 Å². The summed E-state index contributed by atoms with van der Waals surface area (Å²) in [7, 11) is 0. The highest BCUT2D eigenvalue weighted by Gasteiger charge is 2.29. The van der Waals surface area contributed by atoms with Crippen molar-refractivity contribution in [3.63, 3.8) is 0 Å². The lowest BCUT2D eigenvalue weighted by Gasteiger charge is -2.32. The molecule has 0 aliphatic carbocycles. The zero-order valence-electron chi connectivity index (χ0n) is 27.9. The van der Waals surface area contributed by atoms with E-state index in [2.05, 4.69) is 169 Å². The van der Waals surface area contributed by atoms with E-state index in [-0.39, 0.29) is 0 Å². The molecule has 0 saturated heterocycles. The number of aromatic nitrogens is 3. The Morgan fingerprint density at radius 2 is 1.04 bits per heavy atom. The van der Waals surface area contributed by atoms with Gasteiger partial charge in [0, 0.05) is 42.2 Å². The van der Waals surface area contributed by atoms with E-state index >= 15 is 0 Å². The summed E-state index contributed by atoms with van der Waals surface area (Å²) < 4.78 is 2.46. The van der Waals surface area contributed by atoms with Crippen LogP contribution >= 0.6 is 11.3 Å². The number of fused-ring (bicyclic) bond motifs is 6. The van der Waals surface area contributed by atoms with Crippen molar-refractivity contribution in [1.82, 2.24) is 15.0 Å². The number of anilines is 3. The molecule has 10 aromatic rings. The molecule has 0 unspecified atom stereocenters. The fourth-order valence-electron chi connectivity index (χ4n) is 7.85. The van der Waals surface area contributed by atoms with Crippen LogP contribution in [0.15, 0.2) is 170 Å². The van der Waals surface area contributed by atoms with Gasteiger partial charge in [0.1, 0.15) is 0 Å². The van der Waals surface area contributed by atoms with Crippen LogP contribution < -0.4 is 4.90 Å². The van der Waals surface area contributed by atoms with Crippen LogP contribution in [0.4, 0.5) is 17.3 Å². The second kappa shape index (κ2) is 11.4. The monoisotopic (exact) mass is 680 g/mol. The van der Waals surface area contributed by atoms with Crippen LogP contribution in [0.1, 0.15) is 0 Å². The molecule has 8 aromatic carbocycles. The molecule has 2 aromatic heterocycles. The van der Waals surface area contributed by atoms with Crippen LogP contribution in [0.3, 0.4) is 0 Å². The van der Waals surface area contributed by atoms with Gasteiger partial charge in [-0.05, 0) is 69.2 Å². The molecule has 0 bridgehead atoms. The molecule has 242 valence electrons. The van der Waals surface area contributed by atoms with Crippen molar-refractivity contribution in [2.24, 2.45) is 0 Å². The fraction of sp³-hybridized carbons (Fsp3) is 0. The molecule has 0 fully saturated rings. The number of benzene rings is 8. The van der Waals surface area contributed by atoms with E-state index in [1.807, 2.05) is 6.07 Å². The minimum atomic E-state index is 0.584. The van der Waals surface area contributed by atoms with Crippen LogP contribution in [-0.2, 0) is 0 Å². The van der Waals surface area contributed by atoms with Crippen LogP contribution in [0, 0.1) is 0 Å². The Bertz CT molecular complexity index is 3030. The van der Waals surface area contributed by atoms with Gasteiger partial charge in [-0.15, -0.1) is 11.3 Å². The third-order valence-corrected chi connectivity index (χ3v) is 11.3. The first-order valence-corrected chi connectivity index (χ1v) is 18.3. The number of rotatable bonds is 4. The lowest BCUT2D eigenvalue weighted by atomic mass is 9.90. The standard InChI is InChI=1S/C47H28N4S/c1-2-12-29(13-3-1)31-18-8-19-34(26-31)45-48-46(37-22-11-25-42-44(37)36-20-6-7-24-41(36)52-42)50-47(49-45)51-39-23-10-17-30-16-9-21-35(43(30)39)38-27-32-14-4-5-15-33(32)28-40(38)51/h1-28H. The number of nitrogens with zero attached hydrogens (tertiary/aromatic N) is 4. The maximum Gasteiger partial charge on any atom is 0.238 e. The minimum Gasteiger partial charge on any atom is -0.278 e. The van der Waals surface area contributed by atoms with E-state index < -0.39 is 0 Å². The van der Waals surface area contributed by atoms with Crippen LogP contribution in [0.5, 0.6) is 0 Å². The Kier molecular flexibility index (Phi) is 6.39. The lowest BCUT2D eigenvalue weighted by molar-refractivity contribution is 1.03. The van der Waals surface area contributed by atoms with Gasteiger partial charge in [0.05, 0.1) is 11.4 Å². The first kappa shape index (κ1) is 29.1. The van der Waals surface area contributed by atoms with Crippen molar-refractivity contribution in [1.29, 1.82) is 0 Å². The summed E-state index contributed by atoms with van der Waals surface area (Å²) in [4.78, 5) is 18.3. The highest BCUT2D eigenvalue weighted by Crippen LogP contribution is 2.51. The molecule has 0 amide bonds. The predicted molar refractivity (Wildman–Crippen MR) is 218 cm³/mol. The largest absolute Gasteiger partial charge is 0.278 e. The van der Waals surface area contributed by atoms with Gasteiger partial charge < -0.3 is 0 Å². The Balaban J connectivity index is 1.22. The van der Waals surface area contributed by atoms with Crippen molar-refractivity contribution in [3.8, 4) is 45.0 Å². The second-order valence-corrected chi connectivity index (χ2v) is 14.3. The Morgan fingerprint density at radius 3 is 1.94 bits per heavy atom. The summed E-state index contributed by atoms with van der Waals surface area (Å²) in [5.74, 6) is 1.86. The summed E-state index contributed by atoms with van der Waals surface area (Å²) in [6, 6.07) is 60.3. The van der Waals surface area contributed by atoms with Crippen LogP contribution in [0.2, 0.25) is 0 Å². The average molecular weight is 681 g/mol. The molecule has 0 radical (unpaired) electrons. The molecule has 4 nitrogen and oxygen atoms in total. The summed E-state index contributed by atoms with van der Waals surface area (Å²) in [5.41, 5.74) is 8.65. The predicted octanol–water partition coefficient (Wildman–Crippen LogP) is 13.0. The molecular formula is C47H28N4S. The van der Waals surface area contributed by atoms with Gasteiger partial charge in [0.15, 0.2) is 11.6 Å². The van der Waals surface area contributed by atoms with Gasteiger partial charge in [-0.3, -0.25) is 4.90 Å². The third kappa shape index (κ3) is 4.50. The zero-order chi connectivity index (χ0) is 34.2. The SMILES string of the molecule is c1ccc(-c2cccc(-c3nc(-c4cccc5sc6ccccc6c45)nc(N4c5cc6ccccc6cc5-c5cccc6cccc4c56)n3)c2)cc1. The highest BCUT2D eigenvalue weighted by molar-refractivity contribution is 7.25. The van der Waals surface area contributed by atoms with E-state index in [0.717, 1.165) is 44.6 Å². The second-order valence-electron chi connectivity index (χ2n) is 13.2. The van der Waals surface area contributed by atoms with Crippen molar-refractivity contribution >= 4 is 70.4 Å². The molecule has 0 N–H and O–H groups in total. The van der Waals surface area contributed by atoms with Crippen molar-refractivity contribution in [2.75, 3.05) is 4.90 Å². The Hall–Kier alpha value is -6.69. The topological polar surface area (TPSA) is 41.9 Å². The van der Waals surface area contributed by atoms with Gasteiger partial charge in [-0.1, -0.05) is 133 Å². The molecule has 1 aliphatic rings. The number of hydrogen-bond acceptors (Lipinski definition) is 5. The zero-order valence-corrected chi connectivity index (χ0v) is 28.7. The molecule has 5 heteroatoms. The van der Waals surface area contributed by atoms with Gasteiger partial charge in [-0.25, -0.2) is 4.98 Å². The molecule has 1 aliphatic heterocycles. The van der Waals surface area contributed by atoms with Gasteiger partial charge >= 0.3 is 0 Å². The van der Waals surface area contributed by atoms with E-state index in [9.17, 15) is 0 Å². The van der Waals surface area contributed by atoms with Crippen LogP contribution in [-0.4, -0.2) is 15.0 Å². The van der Waals surface area contributed by atoms with E-state index in [1.165, 1.54) is 41.9 Å². The molecule has 0 saturated carbocycles. The highest BCUT2D eigenvalue weighted by atomic mass is 32.1. The lowest BCUT2D eigenvalue weighted by Crippen LogP contribution is -2.19. The summed E-state index contributed by atoms with van der Waals surface area (Å²) in [6.07, 6.45) is 0. The average Bonchev–Trinajstić information content (AvgIpc) is 3.60.